The van der Waals surface area contributed by atoms with Gasteiger partial charge in [0.15, 0.2) is 5.96 Å². The van der Waals surface area contributed by atoms with Crippen LogP contribution < -0.4 is 33.2 Å². The molecule has 0 aromatic carbocycles. The Hall–Kier alpha value is -2.54. The molecule has 0 fully saturated rings. The van der Waals surface area contributed by atoms with Crippen LogP contribution in [0.2, 0.25) is 0 Å². The van der Waals surface area contributed by atoms with Crippen LogP contribution in [-0.4, -0.2) is 77.5 Å². The van der Waals surface area contributed by atoms with E-state index in [9.17, 15) is 24.3 Å². The molecule has 0 aromatic heterocycles. The van der Waals surface area contributed by atoms with Gasteiger partial charge in [-0.25, -0.2) is 4.79 Å². The summed E-state index contributed by atoms with van der Waals surface area (Å²) in [6, 6.07) is -3.84. The first-order valence-electron chi connectivity index (χ1n) is 12.3. The van der Waals surface area contributed by atoms with E-state index in [0.29, 0.717) is 25.0 Å². The lowest BCUT2D eigenvalue weighted by molar-refractivity contribution is -0.142. The Balaban J connectivity index is 5.68. The number of thioether (sulfide) groups is 1. The highest BCUT2D eigenvalue weighted by Gasteiger charge is 2.33. The van der Waals surface area contributed by atoms with Gasteiger partial charge in [0.2, 0.25) is 17.7 Å². The normalized spacial score (nSPS) is 15.9. The smallest absolute Gasteiger partial charge is 0.326 e. The monoisotopic (exact) mass is 531 g/mol. The molecule has 0 radical (unpaired) electrons. The molecule has 0 aliphatic carbocycles. The van der Waals surface area contributed by atoms with Gasteiger partial charge in [0.05, 0.1) is 6.04 Å². The third-order valence-electron chi connectivity index (χ3n) is 6.16. The van der Waals surface area contributed by atoms with Crippen LogP contribution in [0.1, 0.15) is 59.8 Å². The van der Waals surface area contributed by atoms with E-state index in [1.807, 2.05) is 34.0 Å². The van der Waals surface area contributed by atoms with Crippen molar-refractivity contribution < 1.29 is 24.3 Å². The lowest BCUT2D eigenvalue weighted by Crippen LogP contribution is -2.59. The van der Waals surface area contributed by atoms with Crippen LogP contribution in [0.15, 0.2) is 4.99 Å². The van der Waals surface area contributed by atoms with Gasteiger partial charge >= 0.3 is 5.97 Å². The topological polar surface area (TPSA) is 215 Å². The lowest BCUT2D eigenvalue weighted by Gasteiger charge is -2.28. The fourth-order valence-corrected chi connectivity index (χ4v) is 3.73. The highest BCUT2D eigenvalue weighted by Crippen LogP contribution is 2.12. The Bertz CT molecular complexity index is 748. The summed E-state index contributed by atoms with van der Waals surface area (Å²) in [5.41, 5.74) is 16.7. The maximum Gasteiger partial charge on any atom is 0.326 e. The molecule has 0 rings (SSSR count). The first-order valence-corrected chi connectivity index (χ1v) is 13.7. The van der Waals surface area contributed by atoms with Gasteiger partial charge in [-0.3, -0.25) is 19.4 Å². The fourth-order valence-electron chi connectivity index (χ4n) is 3.26. The largest absolute Gasteiger partial charge is 0.480 e. The van der Waals surface area contributed by atoms with Gasteiger partial charge in [0.1, 0.15) is 18.1 Å². The van der Waals surface area contributed by atoms with Crippen molar-refractivity contribution in [1.29, 1.82) is 0 Å². The van der Waals surface area contributed by atoms with Crippen molar-refractivity contribution in [2.24, 2.45) is 34.0 Å². The molecule has 3 amide bonds. The molecule has 0 heterocycles. The van der Waals surface area contributed by atoms with Crippen LogP contribution in [-0.2, 0) is 19.2 Å². The van der Waals surface area contributed by atoms with Crippen molar-refractivity contribution >= 4 is 41.4 Å². The molecule has 6 atom stereocenters. The van der Waals surface area contributed by atoms with Gasteiger partial charge < -0.3 is 38.3 Å². The van der Waals surface area contributed by atoms with Crippen molar-refractivity contribution in [3.63, 3.8) is 0 Å². The zero-order valence-corrected chi connectivity index (χ0v) is 22.9. The number of nitrogens with two attached hydrogens (primary N) is 3. The Morgan fingerprint density at radius 2 is 1.47 bits per heavy atom. The first kappa shape index (κ1) is 33.5. The van der Waals surface area contributed by atoms with Crippen LogP contribution in [0.4, 0.5) is 0 Å². The molecule has 10 N–H and O–H groups in total. The van der Waals surface area contributed by atoms with E-state index in [4.69, 9.17) is 17.2 Å². The second-order valence-corrected chi connectivity index (χ2v) is 9.96. The Morgan fingerprint density at radius 3 is 1.97 bits per heavy atom. The average Bonchev–Trinajstić information content (AvgIpc) is 2.84. The maximum absolute atomic E-state index is 13.3. The van der Waals surface area contributed by atoms with Gasteiger partial charge in [-0.2, -0.15) is 11.8 Å². The zero-order chi connectivity index (χ0) is 27.8. The minimum absolute atomic E-state index is 0.0751. The number of carboxylic acid groups (broad SMARTS) is 1. The van der Waals surface area contributed by atoms with Crippen LogP contribution in [0.3, 0.4) is 0 Å². The molecule has 0 aliphatic heterocycles. The van der Waals surface area contributed by atoms with Crippen molar-refractivity contribution in [2.45, 2.75) is 84.0 Å². The average molecular weight is 532 g/mol. The van der Waals surface area contributed by atoms with Crippen molar-refractivity contribution in [2.75, 3.05) is 18.6 Å². The zero-order valence-electron chi connectivity index (χ0n) is 22.1. The summed E-state index contributed by atoms with van der Waals surface area (Å²) in [6.07, 6.45) is 3.89. The number of hydrogen-bond donors (Lipinski definition) is 7. The number of aliphatic imine (C=N–C) groups is 1. The number of hydrogen-bond acceptors (Lipinski definition) is 7. The van der Waals surface area contributed by atoms with Crippen molar-refractivity contribution in [3.05, 3.63) is 0 Å². The Labute approximate surface area is 218 Å². The summed E-state index contributed by atoms with van der Waals surface area (Å²) in [5.74, 6) is -2.66. The second kappa shape index (κ2) is 17.8. The minimum atomic E-state index is -1.16. The molecule has 0 bridgehead atoms. The molecule has 13 heteroatoms. The molecule has 6 unspecified atom stereocenters. The van der Waals surface area contributed by atoms with Crippen LogP contribution >= 0.6 is 11.8 Å². The van der Waals surface area contributed by atoms with Gasteiger partial charge in [0, 0.05) is 6.54 Å². The molecule has 0 aromatic rings. The second-order valence-electron chi connectivity index (χ2n) is 8.97. The summed E-state index contributed by atoms with van der Waals surface area (Å²) in [6.45, 7) is 7.71. The van der Waals surface area contributed by atoms with Crippen LogP contribution in [0, 0.1) is 11.8 Å². The molecule has 36 heavy (non-hydrogen) atoms. The number of amides is 3. The summed E-state index contributed by atoms with van der Waals surface area (Å²) >= 11 is 1.46. The molecular weight excluding hydrogens is 486 g/mol. The SMILES string of the molecule is CCC(C)C(N)C(=O)NC(C(=O)NC(CCCN=C(N)N)C(=O)NC(CCSC)C(=O)O)C(C)CC. The third kappa shape index (κ3) is 12.4. The highest BCUT2D eigenvalue weighted by atomic mass is 32.2. The molecule has 0 spiro atoms. The van der Waals surface area contributed by atoms with Crippen LogP contribution in [0.5, 0.6) is 0 Å². The quantitative estimate of drug-likeness (QED) is 0.0704. The number of carbonyl (C=O) groups excluding carboxylic acids is 3. The number of rotatable bonds is 18. The number of nitrogens with one attached hydrogen (secondary N) is 3. The van der Waals surface area contributed by atoms with Crippen molar-refractivity contribution in [3.8, 4) is 0 Å². The number of nitrogens with zero attached hydrogens (tertiary/aromatic N) is 1. The van der Waals surface area contributed by atoms with Crippen molar-refractivity contribution in [1.82, 2.24) is 16.0 Å². The van der Waals surface area contributed by atoms with Gasteiger partial charge in [-0.1, -0.05) is 40.5 Å². The van der Waals surface area contributed by atoms with E-state index in [1.165, 1.54) is 11.8 Å². The van der Waals surface area contributed by atoms with E-state index in [2.05, 4.69) is 20.9 Å². The first-order chi connectivity index (χ1) is 16.9. The Morgan fingerprint density at radius 1 is 0.889 bits per heavy atom. The van der Waals surface area contributed by atoms with E-state index in [0.717, 1.165) is 0 Å². The minimum Gasteiger partial charge on any atom is -0.480 e. The summed E-state index contributed by atoms with van der Waals surface area (Å²) in [7, 11) is 0. The molecule has 0 saturated heterocycles. The summed E-state index contributed by atoms with van der Waals surface area (Å²) in [5, 5.41) is 17.4. The van der Waals surface area contributed by atoms with E-state index < -0.39 is 47.9 Å². The highest BCUT2D eigenvalue weighted by molar-refractivity contribution is 7.98. The van der Waals surface area contributed by atoms with Gasteiger partial charge in [0.25, 0.3) is 0 Å². The number of guanidine groups is 1. The third-order valence-corrected chi connectivity index (χ3v) is 6.80. The maximum atomic E-state index is 13.3. The van der Waals surface area contributed by atoms with Gasteiger partial charge in [-0.15, -0.1) is 0 Å². The van der Waals surface area contributed by atoms with E-state index in [-0.39, 0.29) is 37.2 Å². The Kier molecular flexibility index (Phi) is 16.6. The molecule has 208 valence electrons. The summed E-state index contributed by atoms with van der Waals surface area (Å²) in [4.78, 5) is 54.5. The van der Waals surface area contributed by atoms with Crippen LogP contribution in [0.25, 0.3) is 0 Å². The number of carbonyl (C=O) groups is 4. The van der Waals surface area contributed by atoms with E-state index in [1.54, 1.807) is 0 Å². The predicted octanol–water partition coefficient (Wildman–Crippen LogP) is -0.248. The summed E-state index contributed by atoms with van der Waals surface area (Å²) < 4.78 is 0. The molecule has 0 aliphatic rings. The van der Waals surface area contributed by atoms with E-state index >= 15 is 0 Å². The molecular formula is C23H45N7O5S. The van der Waals surface area contributed by atoms with Gasteiger partial charge in [-0.05, 0) is 43.1 Å². The standard InChI is InChI=1S/C23H45N7O5S/c1-6-13(3)17(24)20(32)30-18(14(4)7-2)21(33)28-15(9-8-11-27-23(25)26)19(31)29-16(22(34)35)10-12-36-5/h13-18H,6-12,24H2,1-5H3,(H,28,33)(H,29,31)(H,30,32)(H,34,35)(H4,25,26,27). The fraction of sp³-hybridized carbons (Fsp3) is 0.783. The molecule has 12 nitrogen and oxygen atoms in total. The number of carboxylic acids is 1. The molecule has 0 saturated carbocycles. The predicted molar refractivity (Wildman–Crippen MR) is 143 cm³/mol. The number of aliphatic carboxylic acids is 1. The lowest BCUT2D eigenvalue weighted by atomic mass is 9.95.